The molecular weight excluding hydrogens is 360 g/mol. The summed E-state index contributed by atoms with van der Waals surface area (Å²) in [6.07, 6.45) is 0. The summed E-state index contributed by atoms with van der Waals surface area (Å²) in [5, 5.41) is 13.2. The maximum absolute atomic E-state index is 12.7. The number of benzene rings is 2. The summed E-state index contributed by atoms with van der Waals surface area (Å²) < 4.78 is 1.12. The number of hydrogen-bond donors (Lipinski definition) is 0. The molecule has 0 aliphatic carbocycles. The van der Waals surface area contributed by atoms with Crippen molar-refractivity contribution in [3.63, 3.8) is 0 Å². The SMILES string of the molecule is CC(c1nc2ccccc2s1)N(C)C(=O)Cn1nnc(-c2ccccc2)n1. The van der Waals surface area contributed by atoms with Crippen molar-refractivity contribution in [3.8, 4) is 11.4 Å². The van der Waals surface area contributed by atoms with E-state index in [4.69, 9.17) is 0 Å². The van der Waals surface area contributed by atoms with Gasteiger partial charge in [0, 0.05) is 12.6 Å². The quantitative estimate of drug-likeness (QED) is 0.533. The third-order valence-corrected chi connectivity index (χ3v) is 5.61. The van der Waals surface area contributed by atoms with E-state index in [2.05, 4.69) is 20.4 Å². The number of hydrogen-bond acceptors (Lipinski definition) is 6. The number of para-hydroxylation sites is 1. The number of rotatable bonds is 5. The molecule has 4 aromatic rings. The smallest absolute Gasteiger partial charge is 0.246 e. The zero-order valence-electron chi connectivity index (χ0n) is 15.0. The van der Waals surface area contributed by atoms with Crippen LogP contribution in [0.2, 0.25) is 0 Å². The maximum atomic E-state index is 12.7. The lowest BCUT2D eigenvalue weighted by atomic mass is 10.2. The van der Waals surface area contributed by atoms with Crippen molar-refractivity contribution in [2.45, 2.75) is 19.5 Å². The highest BCUT2D eigenvalue weighted by atomic mass is 32.1. The molecule has 0 aliphatic heterocycles. The molecule has 0 bridgehead atoms. The molecule has 136 valence electrons. The van der Waals surface area contributed by atoms with E-state index >= 15 is 0 Å². The van der Waals surface area contributed by atoms with Crippen molar-refractivity contribution in [2.75, 3.05) is 7.05 Å². The third-order valence-electron chi connectivity index (χ3n) is 4.40. The minimum atomic E-state index is -0.132. The Bertz CT molecular complexity index is 1040. The van der Waals surface area contributed by atoms with Crippen LogP contribution in [0.15, 0.2) is 54.6 Å². The summed E-state index contributed by atoms with van der Waals surface area (Å²) in [7, 11) is 1.77. The van der Waals surface area contributed by atoms with Gasteiger partial charge in [-0.15, -0.1) is 21.5 Å². The predicted molar refractivity (Wildman–Crippen MR) is 104 cm³/mol. The molecule has 0 aliphatic rings. The molecule has 7 nitrogen and oxygen atoms in total. The molecule has 2 aromatic carbocycles. The largest absolute Gasteiger partial charge is 0.335 e. The Morgan fingerprint density at radius 1 is 1.15 bits per heavy atom. The monoisotopic (exact) mass is 378 g/mol. The average Bonchev–Trinajstić information content (AvgIpc) is 3.34. The lowest BCUT2D eigenvalue weighted by Crippen LogP contribution is -2.33. The van der Waals surface area contributed by atoms with Crippen LogP contribution < -0.4 is 0 Å². The fourth-order valence-electron chi connectivity index (χ4n) is 2.70. The summed E-state index contributed by atoms with van der Waals surface area (Å²) in [6, 6.07) is 17.4. The summed E-state index contributed by atoms with van der Waals surface area (Å²) in [5.41, 5.74) is 1.82. The first-order chi connectivity index (χ1) is 13.1. The van der Waals surface area contributed by atoms with Crippen molar-refractivity contribution >= 4 is 27.5 Å². The third kappa shape index (κ3) is 3.56. The molecule has 1 amide bonds. The van der Waals surface area contributed by atoms with Crippen LogP contribution in [0.3, 0.4) is 0 Å². The summed E-state index contributed by atoms with van der Waals surface area (Å²) in [6.45, 7) is 2.01. The standard InChI is InChI=1S/C19H18N6OS/c1-13(19-20-15-10-6-7-11-16(15)27-19)24(2)17(26)12-25-22-18(21-23-25)14-8-4-3-5-9-14/h3-11,13H,12H2,1-2H3. The molecule has 4 rings (SSSR count). The van der Waals surface area contributed by atoms with Crippen LogP contribution in [0.5, 0.6) is 0 Å². The van der Waals surface area contributed by atoms with Crippen LogP contribution in [0, 0.1) is 0 Å². The van der Waals surface area contributed by atoms with Crippen LogP contribution in [-0.4, -0.2) is 43.0 Å². The zero-order chi connectivity index (χ0) is 18.8. The predicted octanol–water partition coefficient (Wildman–Crippen LogP) is 3.17. The Hall–Kier alpha value is -3.13. The highest BCUT2D eigenvalue weighted by Gasteiger charge is 2.21. The molecule has 0 saturated carbocycles. The molecule has 1 atom stereocenters. The number of nitrogens with zero attached hydrogens (tertiary/aromatic N) is 6. The van der Waals surface area contributed by atoms with Crippen molar-refractivity contribution in [2.24, 2.45) is 0 Å². The fourth-order valence-corrected chi connectivity index (χ4v) is 3.76. The van der Waals surface area contributed by atoms with E-state index in [9.17, 15) is 4.79 Å². The molecule has 0 fully saturated rings. The first-order valence-corrected chi connectivity index (χ1v) is 9.38. The van der Waals surface area contributed by atoms with Gasteiger partial charge in [-0.3, -0.25) is 4.79 Å². The maximum Gasteiger partial charge on any atom is 0.246 e. The van der Waals surface area contributed by atoms with Crippen LogP contribution in [0.25, 0.3) is 21.6 Å². The molecule has 0 radical (unpaired) electrons. The van der Waals surface area contributed by atoms with Gasteiger partial charge in [-0.25, -0.2) is 4.98 Å². The first-order valence-electron chi connectivity index (χ1n) is 8.56. The van der Waals surface area contributed by atoms with Gasteiger partial charge in [0.15, 0.2) is 0 Å². The van der Waals surface area contributed by atoms with Gasteiger partial charge in [0.25, 0.3) is 0 Å². The number of fused-ring (bicyclic) bond motifs is 1. The van der Waals surface area contributed by atoms with Crippen LogP contribution in [0.4, 0.5) is 0 Å². The van der Waals surface area contributed by atoms with Gasteiger partial charge in [-0.2, -0.15) is 4.80 Å². The lowest BCUT2D eigenvalue weighted by Gasteiger charge is -2.22. The van der Waals surface area contributed by atoms with Gasteiger partial charge < -0.3 is 4.90 Å². The fraction of sp³-hybridized carbons (Fsp3) is 0.211. The normalized spacial score (nSPS) is 12.2. The Labute approximate surface area is 160 Å². The van der Waals surface area contributed by atoms with Gasteiger partial charge >= 0.3 is 0 Å². The van der Waals surface area contributed by atoms with Crippen molar-refractivity contribution < 1.29 is 4.79 Å². The molecule has 0 spiro atoms. The topological polar surface area (TPSA) is 76.8 Å². The molecule has 2 heterocycles. The van der Waals surface area contributed by atoms with Crippen molar-refractivity contribution in [1.82, 2.24) is 30.1 Å². The number of amides is 1. The molecule has 0 N–H and O–H groups in total. The van der Waals surface area contributed by atoms with E-state index in [1.54, 1.807) is 23.3 Å². The minimum absolute atomic E-state index is 0.0333. The number of carbonyl (C=O) groups excluding carboxylic acids is 1. The van der Waals surface area contributed by atoms with Crippen LogP contribution >= 0.6 is 11.3 Å². The highest BCUT2D eigenvalue weighted by molar-refractivity contribution is 7.18. The highest BCUT2D eigenvalue weighted by Crippen LogP contribution is 2.28. The zero-order valence-corrected chi connectivity index (χ0v) is 15.8. The molecule has 0 saturated heterocycles. The van der Waals surface area contributed by atoms with Gasteiger partial charge in [0.05, 0.1) is 16.3 Å². The Balaban J connectivity index is 1.47. The van der Waals surface area contributed by atoms with E-state index < -0.39 is 0 Å². The number of thiazole rings is 1. The van der Waals surface area contributed by atoms with Gasteiger partial charge in [-0.05, 0) is 24.3 Å². The number of aromatic nitrogens is 5. The summed E-state index contributed by atoms with van der Waals surface area (Å²) in [4.78, 5) is 20.3. The van der Waals surface area contributed by atoms with Crippen LogP contribution in [-0.2, 0) is 11.3 Å². The molecule has 27 heavy (non-hydrogen) atoms. The second-order valence-electron chi connectivity index (χ2n) is 6.21. The Morgan fingerprint density at radius 2 is 1.89 bits per heavy atom. The van der Waals surface area contributed by atoms with Gasteiger partial charge in [0.1, 0.15) is 11.6 Å². The molecule has 8 heteroatoms. The number of carbonyl (C=O) groups is 1. The lowest BCUT2D eigenvalue weighted by molar-refractivity contribution is -0.132. The van der Waals surface area contributed by atoms with Gasteiger partial charge in [-0.1, -0.05) is 42.5 Å². The van der Waals surface area contributed by atoms with Gasteiger partial charge in [0.2, 0.25) is 11.7 Å². The number of likely N-dealkylation sites (N-methyl/N-ethyl adjacent to an activating group) is 1. The van der Waals surface area contributed by atoms with E-state index in [1.165, 1.54) is 4.80 Å². The second kappa shape index (κ2) is 7.24. The molecule has 1 unspecified atom stereocenters. The number of tetrazole rings is 1. The molecular formula is C19H18N6OS. The summed E-state index contributed by atoms with van der Waals surface area (Å²) >= 11 is 1.60. The Kier molecular flexibility index (Phi) is 4.64. The minimum Gasteiger partial charge on any atom is -0.335 e. The average molecular weight is 378 g/mol. The first kappa shape index (κ1) is 17.3. The van der Waals surface area contributed by atoms with Crippen molar-refractivity contribution in [1.29, 1.82) is 0 Å². The Morgan fingerprint density at radius 3 is 2.67 bits per heavy atom. The van der Waals surface area contributed by atoms with E-state index in [0.717, 1.165) is 20.8 Å². The van der Waals surface area contributed by atoms with E-state index in [0.29, 0.717) is 5.82 Å². The second-order valence-corrected chi connectivity index (χ2v) is 7.27. The van der Waals surface area contributed by atoms with E-state index in [1.807, 2.05) is 61.5 Å². The van der Waals surface area contributed by atoms with Crippen LogP contribution in [0.1, 0.15) is 18.0 Å². The summed E-state index contributed by atoms with van der Waals surface area (Å²) in [5.74, 6) is 0.407. The molecule has 2 aromatic heterocycles. The van der Waals surface area contributed by atoms with Crippen molar-refractivity contribution in [3.05, 3.63) is 59.6 Å². The van der Waals surface area contributed by atoms with E-state index in [-0.39, 0.29) is 18.5 Å².